The zero-order valence-corrected chi connectivity index (χ0v) is 7.13. The highest BCUT2D eigenvalue weighted by atomic mass is 16.5. The number of nitrogens with one attached hydrogen (secondary N) is 1. The van der Waals surface area contributed by atoms with Crippen molar-refractivity contribution in [3.05, 3.63) is 0 Å². The van der Waals surface area contributed by atoms with Gasteiger partial charge in [0.25, 0.3) is 0 Å². The number of hydrogen-bond acceptors (Lipinski definition) is 3. The van der Waals surface area contributed by atoms with Crippen LogP contribution in [0.4, 0.5) is 0 Å². The number of aliphatic hydroxyl groups excluding tert-OH is 1. The zero-order valence-electron chi connectivity index (χ0n) is 7.13. The Labute approximate surface area is 66.5 Å². The van der Waals surface area contributed by atoms with Gasteiger partial charge in [0.1, 0.15) is 6.10 Å². The lowest BCUT2D eigenvalue weighted by Crippen LogP contribution is -2.37. The third kappa shape index (κ3) is 4.75. The summed E-state index contributed by atoms with van der Waals surface area (Å²) in [6.07, 6.45) is -0.961. The van der Waals surface area contributed by atoms with E-state index in [0.717, 1.165) is 0 Å². The molecular weight excluding hydrogens is 146 g/mol. The van der Waals surface area contributed by atoms with Gasteiger partial charge in [0.2, 0.25) is 5.91 Å². The highest BCUT2D eigenvalue weighted by molar-refractivity contribution is 5.80. The first kappa shape index (κ1) is 10.4. The van der Waals surface area contributed by atoms with Gasteiger partial charge in [-0.25, -0.2) is 0 Å². The summed E-state index contributed by atoms with van der Waals surface area (Å²) in [5.41, 5.74) is 0. The quantitative estimate of drug-likeness (QED) is 0.585. The summed E-state index contributed by atoms with van der Waals surface area (Å²) in [6, 6.07) is 0. The second kappa shape index (κ2) is 5.09. The van der Waals surface area contributed by atoms with Crippen LogP contribution >= 0.6 is 0 Å². The largest absolute Gasteiger partial charge is 0.392 e. The average molecular weight is 161 g/mol. The van der Waals surface area contributed by atoms with Crippen molar-refractivity contribution in [3.63, 3.8) is 0 Å². The van der Waals surface area contributed by atoms with Crippen molar-refractivity contribution in [1.82, 2.24) is 5.32 Å². The van der Waals surface area contributed by atoms with Gasteiger partial charge in [-0.3, -0.25) is 4.79 Å². The van der Waals surface area contributed by atoms with Crippen LogP contribution in [0, 0.1) is 0 Å². The van der Waals surface area contributed by atoms with E-state index in [1.165, 1.54) is 7.11 Å². The Morgan fingerprint density at radius 3 is 2.55 bits per heavy atom. The van der Waals surface area contributed by atoms with Crippen molar-refractivity contribution in [2.45, 2.75) is 26.1 Å². The standard InChI is InChI=1S/C7H15NO3/c1-5(9)4-8-7(10)6(2)11-3/h5-6,9H,4H2,1-3H3,(H,8,10)/t5-,6?/m1/s1. The van der Waals surface area contributed by atoms with E-state index in [4.69, 9.17) is 9.84 Å². The number of ether oxygens (including phenoxy) is 1. The molecule has 0 bridgehead atoms. The fraction of sp³-hybridized carbons (Fsp3) is 0.857. The average Bonchev–Trinajstić information content (AvgIpc) is 1.98. The van der Waals surface area contributed by atoms with Gasteiger partial charge in [-0.2, -0.15) is 0 Å². The molecule has 0 spiro atoms. The van der Waals surface area contributed by atoms with E-state index in [0.29, 0.717) is 0 Å². The smallest absolute Gasteiger partial charge is 0.248 e. The number of aliphatic hydroxyl groups is 1. The highest BCUT2D eigenvalue weighted by Gasteiger charge is 2.10. The van der Waals surface area contributed by atoms with E-state index in [1.807, 2.05) is 0 Å². The molecule has 1 amide bonds. The molecule has 4 heteroatoms. The number of hydrogen-bond donors (Lipinski definition) is 2. The van der Waals surface area contributed by atoms with Crippen LogP contribution < -0.4 is 5.32 Å². The van der Waals surface area contributed by atoms with Gasteiger partial charge in [0, 0.05) is 13.7 Å². The topological polar surface area (TPSA) is 58.6 Å². The summed E-state index contributed by atoms with van der Waals surface area (Å²) in [7, 11) is 1.46. The van der Waals surface area contributed by atoms with E-state index in [2.05, 4.69) is 5.32 Å². The summed E-state index contributed by atoms with van der Waals surface area (Å²) < 4.78 is 4.75. The van der Waals surface area contributed by atoms with Crippen LogP contribution in [0.25, 0.3) is 0 Å². The van der Waals surface area contributed by atoms with Gasteiger partial charge in [0.05, 0.1) is 6.10 Å². The molecule has 0 aromatic rings. The second-order valence-corrected chi connectivity index (χ2v) is 2.47. The van der Waals surface area contributed by atoms with Gasteiger partial charge < -0.3 is 15.2 Å². The summed E-state index contributed by atoms with van der Waals surface area (Å²) in [4.78, 5) is 10.9. The molecule has 66 valence electrons. The highest BCUT2D eigenvalue weighted by Crippen LogP contribution is 1.86. The fourth-order valence-electron chi connectivity index (χ4n) is 0.499. The van der Waals surface area contributed by atoms with Crippen LogP contribution in [0.1, 0.15) is 13.8 Å². The lowest BCUT2D eigenvalue weighted by Gasteiger charge is -2.11. The predicted octanol–water partition coefficient (Wildman–Crippen LogP) is -0.482. The molecule has 0 saturated heterocycles. The number of carbonyl (C=O) groups excluding carboxylic acids is 1. The predicted molar refractivity (Wildman–Crippen MR) is 41.2 cm³/mol. The maximum absolute atomic E-state index is 10.9. The van der Waals surface area contributed by atoms with Gasteiger partial charge in [-0.05, 0) is 13.8 Å². The maximum Gasteiger partial charge on any atom is 0.248 e. The molecular formula is C7H15NO3. The number of rotatable bonds is 4. The number of amides is 1. The van der Waals surface area contributed by atoms with E-state index < -0.39 is 12.2 Å². The van der Waals surface area contributed by atoms with Crippen LogP contribution in [0.15, 0.2) is 0 Å². The first-order chi connectivity index (χ1) is 5.07. The molecule has 0 aliphatic heterocycles. The third-order valence-electron chi connectivity index (χ3n) is 1.29. The van der Waals surface area contributed by atoms with Gasteiger partial charge in [-0.15, -0.1) is 0 Å². The minimum atomic E-state index is -0.511. The van der Waals surface area contributed by atoms with Gasteiger partial charge in [-0.1, -0.05) is 0 Å². The summed E-state index contributed by atoms with van der Waals surface area (Å²) in [6.45, 7) is 3.53. The maximum atomic E-state index is 10.9. The Kier molecular flexibility index (Phi) is 4.81. The molecule has 0 saturated carbocycles. The first-order valence-electron chi connectivity index (χ1n) is 3.56. The van der Waals surface area contributed by atoms with Crippen LogP contribution in [0.3, 0.4) is 0 Å². The molecule has 11 heavy (non-hydrogen) atoms. The van der Waals surface area contributed by atoms with Crippen molar-refractivity contribution in [1.29, 1.82) is 0 Å². The molecule has 4 nitrogen and oxygen atoms in total. The van der Waals surface area contributed by atoms with Crippen LogP contribution in [-0.2, 0) is 9.53 Å². The number of methoxy groups -OCH3 is 1. The third-order valence-corrected chi connectivity index (χ3v) is 1.29. The molecule has 0 radical (unpaired) electrons. The minimum absolute atomic E-state index is 0.201. The Morgan fingerprint density at radius 1 is 1.64 bits per heavy atom. The lowest BCUT2D eigenvalue weighted by molar-refractivity contribution is -0.130. The van der Waals surface area contributed by atoms with Crippen LogP contribution in [0.2, 0.25) is 0 Å². The summed E-state index contributed by atoms with van der Waals surface area (Å²) >= 11 is 0. The van der Waals surface area contributed by atoms with Crippen molar-refractivity contribution < 1.29 is 14.6 Å². The van der Waals surface area contributed by atoms with Crippen molar-refractivity contribution in [3.8, 4) is 0 Å². The molecule has 0 heterocycles. The molecule has 0 aliphatic carbocycles. The van der Waals surface area contributed by atoms with E-state index in [9.17, 15) is 4.79 Å². The van der Waals surface area contributed by atoms with Crippen LogP contribution in [-0.4, -0.2) is 36.9 Å². The molecule has 1 unspecified atom stereocenters. The zero-order chi connectivity index (χ0) is 8.85. The van der Waals surface area contributed by atoms with E-state index in [-0.39, 0.29) is 12.5 Å². The monoisotopic (exact) mass is 161 g/mol. The normalized spacial score (nSPS) is 15.6. The van der Waals surface area contributed by atoms with E-state index >= 15 is 0 Å². The second-order valence-electron chi connectivity index (χ2n) is 2.47. The molecule has 0 rings (SSSR count). The molecule has 0 aromatic heterocycles. The van der Waals surface area contributed by atoms with E-state index in [1.54, 1.807) is 13.8 Å². The fourth-order valence-corrected chi connectivity index (χ4v) is 0.499. The van der Waals surface area contributed by atoms with Gasteiger partial charge in [0.15, 0.2) is 0 Å². The molecule has 0 aliphatic rings. The van der Waals surface area contributed by atoms with Crippen LogP contribution in [0.5, 0.6) is 0 Å². The molecule has 0 fully saturated rings. The molecule has 2 atom stereocenters. The lowest BCUT2D eigenvalue weighted by atomic mass is 10.3. The number of carbonyl (C=O) groups is 1. The van der Waals surface area contributed by atoms with Crippen molar-refractivity contribution in [2.75, 3.05) is 13.7 Å². The van der Waals surface area contributed by atoms with Gasteiger partial charge >= 0.3 is 0 Å². The first-order valence-corrected chi connectivity index (χ1v) is 3.56. The SMILES string of the molecule is COC(C)C(=O)NC[C@@H](C)O. The Hall–Kier alpha value is -0.610. The molecule has 2 N–H and O–H groups in total. The Balaban J connectivity index is 3.52. The summed E-state index contributed by atoms with van der Waals surface area (Å²) in [5.74, 6) is -0.201. The van der Waals surface area contributed by atoms with Crippen molar-refractivity contribution in [2.24, 2.45) is 0 Å². The molecule has 0 aromatic carbocycles. The van der Waals surface area contributed by atoms with Crippen molar-refractivity contribution >= 4 is 5.91 Å². The Bertz CT molecular complexity index is 125. The Morgan fingerprint density at radius 2 is 2.18 bits per heavy atom. The summed E-state index contributed by atoms with van der Waals surface area (Å²) in [5, 5.41) is 11.3. The minimum Gasteiger partial charge on any atom is -0.392 e.